The molecule has 0 radical (unpaired) electrons. The Balaban J connectivity index is 1.70. The lowest BCUT2D eigenvalue weighted by Gasteiger charge is -2.24. The highest BCUT2D eigenvalue weighted by Gasteiger charge is 2.32. The zero-order valence-corrected chi connectivity index (χ0v) is 16.7. The van der Waals surface area contributed by atoms with E-state index in [-0.39, 0.29) is 21.7 Å². The minimum absolute atomic E-state index is 0.0503. The van der Waals surface area contributed by atoms with Crippen molar-refractivity contribution in [2.45, 2.75) is 19.3 Å². The molecule has 6 nitrogen and oxygen atoms in total. The van der Waals surface area contributed by atoms with Gasteiger partial charge in [-0.15, -0.1) is 0 Å². The van der Waals surface area contributed by atoms with Gasteiger partial charge in [0.15, 0.2) is 0 Å². The standard InChI is InChI=1S/C16H15Cl3F3N5O/c17-11-6-10(16(20,21)22)7-23-14(11)26-3-1-2-25(4-5-26)9-27-15(28)13(19)12(18)8-24-27/h6-8H,1-5,9H2. The molecule has 0 spiro atoms. The number of aromatic nitrogens is 3. The summed E-state index contributed by atoms with van der Waals surface area (Å²) in [5.74, 6) is 0.307. The molecule has 2 aromatic heterocycles. The van der Waals surface area contributed by atoms with Crippen LogP contribution in [0.1, 0.15) is 12.0 Å². The first-order chi connectivity index (χ1) is 13.2. The van der Waals surface area contributed by atoms with Crippen LogP contribution in [0, 0.1) is 0 Å². The van der Waals surface area contributed by atoms with Crippen molar-refractivity contribution in [3.05, 3.63) is 49.4 Å². The van der Waals surface area contributed by atoms with Crippen LogP contribution in [0.2, 0.25) is 15.1 Å². The summed E-state index contributed by atoms with van der Waals surface area (Å²) in [6.45, 7) is 2.46. The molecule has 0 bridgehead atoms. The second kappa shape index (κ2) is 8.44. The highest BCUT2D eigenvalue weighted by molar-refractivity contribution is 6.41. The summed E-state index contributed by atoms with van der Waals surface area (Å²) in [4.78, 5) is 19.8. The van der Waals surface area contributed by atoms with Crippen molar-refractivity contribution in [1.82, 2.24) is 19.7 Å². The third-order valence-electron chi connectivity index (χ3n) is 4.31. The van der Waals surface area contributed by atoms with Crippen molar-refractivity contribution in [1.29, 1.82) is 0 Å². The topological polar surface area (TPSA) is 54.3 Å². The molecule has 0 aliphatic carbocycles. The predicted octanol–water partition coefficient (Wildman–Crippen LogP) is 3.79. The van der Waals surface area contributed by atoms with E-state index in [4.69, 9.17) is 34.8 Å². The molecule has 12 heteroatoms. The van der Waals surface area contributed by atoms with Crippen LogP contribution in [-0.4, -0.2) is 45.8 Å². The lowest BCUT2D eigenvalue weighted by Crippen LogP contribution is -2.36. The molecule has 1 aliphatic heterocycles. The number of hydrogen-bond acceptors (Lipinski definition) is 5. The number of anilines is 1. The van der Waals surface area contributed by atoms with Crippen molar-refractivity contribution in [2.75, 3.05) is 31.1 Å². The van der Waals surface area contributed by atoms with E-state index in [1.807, 2.05) is 9.80 Å². The Bertz CT molecular complexity index is 921. The van der Waals surface area contributed by atoms with Gasteiger partial charge in [-0.2, -0.15) is 18.3 Å². The maximum Gasteiger partial charge on any atom is 0.417 e. The van der Waals surface area contributed by atoms with Gasteiger partial charge in [0.25, 0.3) is 5.56 Å². The lowest BCUT2D eigenvalue weighted by atomic mass is 10.2. The Labute approximate surface area is 173 Å². The van der Waals surface area contributed by atoms with E-state index in [0.717, 1.165) is 12.3 Å². The molecule has 0 amide bonds. The largest absolute Gasteiger partial charge is 0.417 e. The van der Waals surface area contributed by atoms with Gasteiger partial charge in [-0.3, -0.25) is 9.69 Å². The predicted molar refractivity (Wildman–Crippen MR) is 101 cm³/mol. The second-order valence-electron chi connectivity index (χ2n) is 6.24. The Morgan fingerprint density at radius 2 is 1.79 bits per heavy atom. The molecule has 3 heterocycles. The zero-order chi connectivity index (χ0) is 20.5. The van der Waals surface area contributed by atoms with E-state index in [9.17, 15) is 18.0 Å². The maximum absolute atomic E-state index is 12.8. The molecule has 152 valence electrons. The number of alkyl halides is 3. The molecule has 2 aromatic rings. The molecule has 1 fully saturated rings. The van der Waals surface area contributed by atoms with Gasteiger partial charge in [-0.05, 0) is 12.5 Å². The molecule has 28 heavy (non-hydrogen) atoms. The van der Waals surface area contributed by atoms with Gasteiger partial charge in [-0.25, -0.2) is 9.67 Å². The number of nitrogens with zero attached hydrogens (tertiary/aromatic N) is 5. The van der Waals surface area contributed by atoms with Crippen LogP contribution >= 0.6 is 34.8 Å². The van der Waals surface area contributed by atoms with Crippen LogP contribution in [0.15, 0.2) is 23.3 Å². The third kappa shape index (κ3) is 4.71. The van der Waals surface area contributed by atoms with Crippen molar-refractivity contribution in [2.24, 2.45) is 0 Å². The molecule has 0 unspecified atom stereocenters. The summed E-state index contributed by atoms with van der Waals surface area (Å²) in [7, 11) is 0. The normalized spacial score (nSPS) is 16.3. The summed E-state index contributed by atoms with van der Waals surface area (Å²) in [5.41, 5.74) is -1.37. The Morgan fingerprint density at radius 3 is 2.46 bits per heavy atom. The molecule has 0 atom stereocenters. The van der Waals surface area contributed by atoms with E-state index < -0.39 is 17.3 Å². The summed E-state index contributed by atoms with van der Waals surface area (Å²) in [6.07, 6.45) is -1.70. The van der Waals surface area contributed by atoms with Crippen molar-refractivity contribution >= 4 is 40.6 Å². The average molecular weight is 457 g/mol. The third-order valence-corrected chi connectivity index (χ3v) is 5.34. The SMILES string of the molecule is O=c1c(Cl)c(Cl)cnn1CN1CCCN(c2ncc(C(F)(F)F)cc2Cl)CC1. The van der Waals surface area contributed by atoms with E-state index in [1.165, 1.54) is 10.9 Å². The first kappa shape index (κ1) is 21.2. The van der Waals surface area contributed by atoms with Crippen molar-refractivity contribution < 1.29 is 13.2 Å². The Kier molecular flexibility index (Phi) is 6.38. The van der Waals surface area contributed by atoms with Crippen LogP contribution in [0.4, 0.5) is 19.0 Å². The minimum atomic E-state index is -4.50. The number of halogens is 6. The van der Waals surface area contributed by atoms with Gasteiger partial charge in [0, 0.05) is 32.4 Å². The quantitative estimate of drug-likeness (QED) is 0.703. The summed E-state index contributed by atoms with van der Waals surface area (Å²) >= 11 is 17.7. The fourth-order valence-electron chi connectivity index (χ4n) is 2.88. The fraction of sp³-hybridized carbons (Fsp3) is 0.438. The summed E-state index contributed by atoms with van der Waals surface area (Å²) in [5, 5.41) is 3.93. The van der Waals surface area contributed by atoms with Gasteiger partial charge in [0.05, 0.1) is 28.5 Å². The number of pyridine rings is 1. The number of rotatable bonds is 3. The number of hydrogen-bond donors (Lipinski definition) is 0. The first-order valence-electron chi connectivity index (χ1n) is 8.28. The maximum atomic E-state index is 12.8. The van der Waals surface area contributed by atoms with Gasteiger partial charge in [0.1, 0.15) is 10.8 Å². The summed E-state index contributed by atoms with van der Waals surface area (Å²) < 4.78 is 39.6. The second-order valence-corrected chi connectivity index (χ2v) is 7.43. The highest BCUT2D eigenvalue weighted by Crippen LogP contribution is 2.33. The van der Waals surface area contributed by atoms with Gasteiger partial charge in [-0.1, -0.05) is 34.8 Å². The Hall–Kier alpha value is -1.55. The van der Waals surface area contributed by atoms with Crippen molar-refractivity contribution in [3.8, 4) is 0 Å². The van der Waals surface area contributed by atoms with Gasteiger partial charge < -0.3 is 4.90 Å². The summed E-state index contributed by atoms with van der Waals surface area (Å²) in [6, 6.07) is 0.881. The molecular formula is C16H15Cl3F3N5O. The molecule has 0 saturated carbocycles. The van der Waals surface area contributed by atoms with Gasteiger partial charge >= 0.3 is 6.18 Å². The highest BCUT2D eigenvalue weighted by atomic mass is 35.5. The van der Waals surface area contributed by atoms with E-state index in [1.54, 1.807) is 0 Å². The van der Waals surface area contributed by atoms with Crippen LogP contribution in [-0.2, 0) is 12.8 Å². The van der Waals surface area contributed by atoms with E-state index in [2.05, 4.69) is 10.1 Å². The van der Waals surface area contributed by atoms with Crippen LogP contribution in [0.25, 0.3) is 0 Å². The molecule has 1 saturated heterocycles. The van der Waals surface area contributed by atoms with Crippen LogP contribution in [0.3, 0.4) is 0 Å². The average Bonchev–Trinajstić information content (AvgIpc) is 2.87. The van der Waals surface area contributed by atoms with E-state index in [0.29, 0.717) is 38.4 Å². The van der Waals surface area contributed by atoms with Crippen LogP contribution in [0.5, 0.6) is 0 Å². The van der Waals surface area contributed by atoms with Gasteiger partial charge in [0.2, 0.25) is 0 Å². The minimum Gasteiger partial charge on any atom is -0.354 e. The first-order valence-corrected chi connectivity index (χ1v) is 9.41. The molecule has 1 aliphatic rings. The van der Waals surface area contributed by atoms with Crippen LogP contribution < -0.4 is 10.5 Å². The molecular weight excluding hydrogens is 442 g/mol. The van der Waals surface area contributed by atoms with E-state index >= 15 is 0 Å². The molecule has 3 rings (SSSR count). The van der Waals surface area contributed by atoms with Crippen molar-refractivity contribution in [3.63, 3.8) is 0 Å². The lowest BCUT2D eigenvalue weighted by molar-refractivity contribution is -0.137. The molecule has 0 N–H and O–H groups in total. The smallest absolute Gasteiger partial charge is 0.354 e. The Morgan fingerprint density at radius 1 is 1.04 bits per heavy atom. The zero-order valence-electron chi connectivity index (χ0n) is 14.4. The molecule has 0 aromatic carbocycles. The monoisotopic (exact) mass is 455 g/mol. The fourth-order valence-corrected chi connectivity index (χ4v) is 3.43.